The number of ether oxygens (including phenoxy) is 2. The third kappa shape index (κ3) is 3.72. The molecule has 0 unspecified atom stereocenters. The highest BCUT2D eigenvalue weighted by molar-refractivity contribution is 7.80. The Kier molecular flexibility index (Phi) is 4.35. The van der Waals surface area contributed by atoms with Gasteiger partial charge in [0.05, 0.1) is 25.3 Å². The molecule has 0 aliphatic heterocycles. The van der Waals surface area contributed by atoms with Crippen molar-refractivity contribution in [3.63, 3.8) is 0 Å². The molecular formula is C10H13NO2S. The molecule has 3 nitrogen and oxygen atoms in total. The molecule has 1 aromatic carbocycles. The van der Waals surface area contributed by atoms with Gasteiger partial charge < -0.3 is 15.2 Å². The third-order valence-electron chi connectivity index (χ3n) is 1.65. The van der Waals surface area contributed by atoms with Gasteiger partial charge >= 0.3 is 0 Å². The van der Waals surface area contributed by atoms with Crippen molar-refractivity contribution in [1.29, 1.82) is 0 Å². The molecule has 0 atom stereocenters. The topological polar surface area (TPSA) is 44.5 Å². The van der Waals surface area contributed by atoms with Gasteiger partial charge in [-0.15, -0.1) is 0 Å². The molecule has 0 saturated carbocycles. The second kappa shape index (κ2) is 5.57. The van der Waals surface area contributed by atoms with Crippen LogP contribution in [0.2, 0.25) is 0 Å². The summed E-state index contributed by atoms with van der Waals surface area (Å²) in [6.45, 7) is 0.807. The summed E-state index contributed by atoms with van der Waals surface area (Å²) in [6.07, 6.45) is 0. The first-order valence-electron chi connectivity index (χ1n) is 4.21. The summed E-state index contributed by atoms with van der Waals surface area (Å²) in [7, 11) is 1.63. The number of methoxy groups -OCH3 is 1. The van der Waals surface area contributed by atoms with Crippen LogP contribution in [0.1, 0.15) is 5.56 Å². The maximum Gasteiger partial charge on any atom is 0.119 e. The van der Waals surface area contributed by atoms with E-state index in [0.29, 0.717) is 18.2 Å². The average Bonchev–Trinajstić information content (AvgIpc) is 2.18. The molecule has 0 saturated heterocycles. The van der Waals surface area contributed by atoms with E-state index in [9.17, 15) is 0 Å². The van der Waals surface area contributed by atoms with Gasteiger partial charge in [-0.2, -0.15) is 0 Å². The second-order valence-electron chi connectivity index (χ2n) is 2.81. The van der Waals surface area contributed by atoms with Crippen LogP contribution in [0.25, 0.3) is 0 Å². The number of hydrogen-bond acceptors (Lipinski definition) is 3. The van der Waals surface area contributed by atoms with Gasteiger partial charge in [-0.3, -0.25) is 0 Å². The number of rotatable bonds is 5. The SMILES string of the molecule is COc1cccc(COCC(N)=S)c1. The Morgan fingerprint density at radius 3 is 2.93 bits per heavy atom. The minimum absolute atomic E-state index is 0.312. The molecule has 0 radical (unpaired) electrons. The van der Waals surface area contributed by atoms with Crippen LogP contribution in [-0.4, -0.2) is 18.7 Å². The zero-order valence-corrected chi connectivity index (χ0v) is 8.84. The van der Waals surface area contributed by atoms with E-state index in [4.69, 9.17) is 15.2 Å². The molecular weight excluding hydrogens is 198 g/mol. The Morgan fingerprint density at radius 2 is 2.29 bits per heavy atom. The summed E-state index contributed by atoms with van der Waals surface area (Å²) < 4.78 is 10.3. The molecule has 0 aliphatic carbocycles. The highest BCUT2D eigenvalue weighted by Gasteiger charge is 1.96. The maximum absolute atomic E-state index is 5.29. The molecule has 0 aliphatic rings. The molecule has 0 amide bonds. The summed E-state index contributed by atoms with van der Waals surface area (Å²) >= 11 is 4.69. The van der Waals surface area contributed by atoms with Gasteiger partial charge in [0.1, 0.15) is 5.75 Å². The third-order valence-corrected chi connectivity index (χ3v) is 1.77. The van der Waals surface area contributed by atoms with Crippen LogP contribution < -0.4 is 10.5 Å². The zero-order chi connectivity index (χ0) is 10.4. The van der Waals surface area contributed by atoms with E-state index in [1.54, 1.807) is 7.11 Å². The van der Waals surface area contributed by atoms with Crippen molar-refractivity contribution in [2.24, 2.45) is 5.73 Å². The highest BCUT2D eigenvalue weighted by atomic mass is 32.1. The fraction of sp³-hybridized carbons (Fsp3) is 0.300. The molecule has 14 heavy (non-hydrogen) atoms. The number of nitrogens with two attached hydrogens (primary N) is 1. The van der Waals surface area contributed by atoms with Crippen LogP contribution >= 0.6 is 12.2 Å². The Hall–Kier alpha value is -1.13. The molecule has 0 bridgehead atoms. The summed E-state index contributed by atoms with van der Waals surface area (Å²) in [5.74, 6) is 0.821. The van der Waals surface area contributed by atoms with E-state index in [1.165, 1.54) is 0 Å². The predicted octanol–water partition coefficient (Wildman–Crippen LogP) is 1.50. The smallest absolute Gasteiger partial charge is 0.119 e. The summed E-state index contributed by atoms with van der Waals surface area (Å²) in [5, 5.41) is 0. The van der Waals surface area contributed by atoms with Crippen LogP contribution in [0.15, 0.2) is 24.3 Å². The fourth-order valence-corrected chi connectivity index (χ4v) is 1.12. The zero-order valence-electron chi connectivity index (χ0n) is 8.03. The van der Waals surface area contributed by atoms with Crippen LogP contribution in [0, 0.1) is 0 Å². The number of hydrogen-bond donors (Lipinski definition) is 1. The van der Waals surface area contributed by atoms with E-state index in [1.807, 2.05) is 24.3 Å². The van der Waals surface area contributed by atoms with E-state index in [-0.39, 0.29) is 0 Å². The first kappa shape index (κ1) is 10.9. The molecule has 76 valence electrons. The summed E-state index contributed by atoms with van der Waals surface area (Å²) in [6, 6.07) is 7.68. The van der Waals surface area contributed by atoms with Crippen molar-refractivity contribution >= 4 is 17.2 Å². The van der Waals surface area contributed by atoms with Gasteiger partial charge in [-0.1, -0.05) is 24.4 Å². The second-order valence-corrected chi connectivity index (χ2v) is 3.34. The van der Waals surface area contributed by atoms with Gasteiger partial charge in [-0.25, -0.2) is 0 Å². The summed E-state index contributed by atoms with van der Waals surface area (Å²) in [5.41, 5.74) is 6.34. The van der Waals surface area contributed by atoms with Crippen LogP contribution in [0.3, 0.4) is 0 Å². The fourth-order valence-electron chi connectivity index (χ4n) is 1.03. The molecule has 0 aromatic heterocycles. The maximum atomic E-state index is 5.29. The molecule has 1 aromatic rings. The lowest BCUT2D eigenvalue weighted by molar-refractivity contribution is 0.158. The van der Waals surface area contributed by atoms with Crippen molar-refractivity contribution in [2.75, 3.05) is 13.7 Å². The minimum Gasteiger partial charge on any atom is -0.497 e. The lowest BCUT2D eigenvalue weighted by Crippen LogP contribution is -2.15. The largest absolute Gasteiger partial charge is 0.497 e. The van der Waals surface area contributed by atoms with E-state index in [0.717, 1.165) is 11.3 Å². The van der Waals surface area contributed by atoms with E-state index in [2.05, 4.69) is 12.2 Å². The molecule has 0 fully saturated rings. The summed E-state index contributed by atoms with van der Waals surface area (Å²) in [4.78, 5) is 0.368. The Balaban J connectivity index is 2.46. The first-order chi connectivity index (χ1) is 6.72. The molecule has 0 heterocycles. The quantitative estimate of drug-likeness (QED) is 0.750. The minimum atomic E-state index is 0.312. The average molecular weight is 211 g/mol. The van der Waals surface area contributed by atoms with Gasteiger partial charge in [0.15, 0.2) is 0 Å². The van der Waals surface area contributed by atoms with E-state index < -0.39 is 0 Å². The predicted molar refractivity (Wildman–Crippen MR) is 59.4 cm³/mol. The Labute approximate surface area is 88.8 Å². The van der Waals surface area contributed by atoms with Gasteiger partial charge in [0, 0.05) is 0 Å². The number of benzene rings is 1. The van der Waals surface area contributed by atoms with Crippen LogP contribution in [-0.2, 0) is 11.3 Å². The van der Waals surface area contributed by atoms with Gasteiger partial charge in [0.25, 0.3) is 0 Å². The normalized spacial score (nSPS) is 9.79. The lowest BCUT2D eigenvalue weighted by atomic mass is 10.2. The Bertz CT molecular complexity index is 315. The van der Waals surface area contributed by atoms with Crippen molar-refractivity contribution in [1.82, 2.24) is 0 Å². The highest BCUT2D eigenvalue weighted by Crippen LogP contribution is 2.12. The van der Waals surface area contributed by atoms with Crippen molar-refractivity contribution < 1.29 is 9.47 Å². The van der Waals surface area contributed by atoms with Crippen LogP contribution in [0.5, 0.6) is 5.75 Å². The van der Waals surface area contributed by atoms with Gasteiger partial charge in [-0.05, 0) is 17.7 Å². The van der Waals surface area contributed by atoms with E-state index >= 15 is 0 Å². The van der Waals surface area contributed by atoms with Crippen molar-refractivity contribution in [2.45, 2.75) is 6.61 Å². The van der Waals surface area contributed by atoms with Gasteiger partial charge in [0.2, 0.25) is 0 Å². The molecule has 4 heteroatoms. The van der Waals surface area contributed by atoms with Crippen molar-refractivity contribution in [3.05, 3.63) is 29.8 Å². The monoisotopic (exact) mass is 211 g/mol. The number of thiocarbonyl (C=S) groups is 1. The Morgan fingerprint density at radius 1 is 1.50 bits per heavy atom. The van der Waals surface area contributed by atoms with Crippen molar-refractivity contribution in [3.8, 4) is 5.75 Å². The molecule has 2 N–H and O–H groups in total. The molecule has 0 spiro atoms. The lowest BCUT2D eigenvalue weighted by Gasteiger charge is -2.05. The standard InChI is InChI=1S/C10H13NO2S/c1-12-9-4-2-3-8(5-9)6-13-7-10(11)14/h2-5H,6-7H2,1H3,(H2,11,14). The molecule has 1 rings (SSSR count). The first-order valence-corrected chi connectivity index (χ1v) is 4.62. The van der Waals surface area contributed by atoms with Crippen LogP contribution in [0.4, 0.5) is 0 Å².